The smallest absolute Gasteiger partial charge is 0.338 e. The maximum Gasteiger partial charge on any atom is 0.338 e. The van der Waals surface area contributed by atoms with Gasteiger partial charge in [0.1, 0.15) is 6.10 Å². The zero-order valence-corrected chi connectivity index (χ0v) is 24.0. The Balaban J connectivity index is 1.05. The van der Waals surface area contributed by atoms with E-state index in [2.05, 4.69) is 27.7 Å². The van der Waals surface area contributed by atoms with Gasteiger partial charge < -0.3 is 14.2 Å². The van der Waals surface area contributed by atoms with Crippen LogP contribution in [0.1, 0.15) is 102 Å². The Bertz CT molecular complexity index is 1050. The normalized spacial score (nSPS) is 51.5. The molecule has 4 nitrogen and oxygen atoms in total. The monoisotopic (exact) mass is 520 g/mol. The Kier molecular flexibility index (Phi) is 6.10. The lowest BCUT2D eigenvalue weighted by Crippen LogP contribution is -2.55. The fraction of sp³-hybridized carbons (Fsp3) is 0.794. The molecule has 208 valence electrons. The number of hydrogen-bond acceptors (Lipinski definition) is 4. The van der Waals surface area contributed by atoms with Crippen LogP contribution in [0.4, 0.5) is 0 Å². The molecule has 12 atom stereocenters. The van der Waals surface area contributed by atoms with Crippen LogP contribution >= 0.6 is 0 Å². The van der Waals surface area contributed by atoms with Gasteiger partial charge in [-0.15, -0.1) is 0 Å². The van der Waals surface area contributed by atoms with Gasteiger partial charge in [0.2, 0.25) is 0 Å². The summed E-state index contributed by atoms with van der Waals surface area (Å²) in [6, 6.07) is 9.51. The molecular weight excluding hydrogens is 472 g/mol. The third-order valence-electron chi connectivity index (χ3n) is 13.2. The van der Waals surface area contributed by atoms with Crippen molar-refractivity contribution < 1.29 is 19.0 Å². The van der Waals surface area contributed by atoms with Crippen molar-refractivity contribution in [3.05, 3.63) is 35.9 Å². The molecule has 0 amide bonds. The zero-order valence-electron chi connectivity index (χ0n) is 24.0. The molecular formula is C34H48O4. The highest BCUT2D eigenvalue weighted by molar-refractivity contribution is 5.89. The molecule has 1 aromatic rings. The van der Waals surface area contributed by atoms with E-state index in [-0.39, 0.29) is 17.9 Å². The van der Waals surface area contributed by atoms with E-state index < -0.39 is 0 Å². The van der Waals surface area contributed by atoms with Gasteiger partial charge in [-0.05, 0) is 116 Å². The van der Waals surface area contributed by atoms with E-state index >= 15 is 0 Å². The summed E-state index contributed by atoms with van der Waals surface area (Å²) >= 11 is 0. The summed E-state index contributed by atoms with van der Waals surface area (Å²) < 4.78 is 19.5. The average molecular weight is 521 g/mol. The fourth-order valence-corrected chi connectivity index (χ4v) is 11.1. The Morgan fingerprint density at radius 1 is 0.895 bits per heavy atom. The lowest BCUT2D eigenvalue weighted by Gasteiger charge is -2.61. The van der Waals surface area contributed by atoms with Crippen LogP contribution in [0.5, 0.6) is 0 Å². The van der Waals surface area contributed by atoms with Crippen molar-refractivity contribution in [2.24, 2.45) is 52.3 Å². The molecule has 0 aromatic heterocycles. The highest BCUT2D eigenvalue weighted by Crippen LogP contribution is 2.71. The van der Waals surface area contributed by atoms with Crippen molar-refractivity contribution in [1.82, 2.24) is 0 Å². The van der Waals surface area contributed by atoms with Gasteiger partial charge in [0.05, 0.1) is 18.3 Å². The third-order valence-corrected chi connectivity index (χ3v) is 13.2. The molecule has 1 spiro atoms. The van der Waals surface area contributed by atoms with E-state index in [1.807, 2.05) is 30.3 Å². The highest BCUT2D eigenvalue weighted by Gasteiger charge is 2.69. The van der Waals surface area contributed by atoms with Gasteiger partial charge in [0.15, 0.2) is 5.79 Å². The molecule has 38 heavy (non-hydrogen) atoms. The lowest BCUT2D eigenvalue weighted by atomic mass is 9.44. The standard InChI is InChI=1S/C34H48O4/c1-21-12-17-34(36-20-21)22(2)30-29(38-34)19-28-26-11-10-24-18-25(37-31(35)23-8-6-5-7-9-23)13-15-32(24,3)27(26)14-16-33(28,30)4/h5-9,21-22,24-30H,10-20H2,1-4H3/t21-,22-,24-,25+,26+,27-,28-,29-,30-,32-,33-,34+/m0/s1. The SMILES string of the molecule is C[C@H]1CC[C@@]2(OC1)O[C@H]1C[C@H]3[C@@H]4CC[C@H]5C[C@H](OC(=O)c6ccccc6)CC[C@]5(C)[C@H]4CC[C@]3(C)[C@H]1[C@@H]2C. The molecule has 2 aliphatic heterocycles. The molecule has 4 saturated carbocycles. The molecule has 0 radical (unpaired) electrons. The van der Waals surface area contributed by atoms with Crippen molar-refractivity contribution in [3.8, 4) is 0 Å². The van der Waals surface area contributed by atoms with Gasteiger partial charge in [-0.3, -0.25) is 0 Å². The van der Waals surface area contributed by atoms with Crippen LogP contribution in [-0.2, 0) is 14.2 Å². The molecule has 0 unspecified atom stereocenters. The number of rotatable bonds is 2. The topological polar surface area (TPSA) is 44.8 Å². The van der Waals surface area contributed by atoms with E-state index in [9.17, 15) is 4.79 Å². The summed E-state index contributed by atoms with van der Waals surface area (Å²) in [5, 5.41) is 0. The maximum atomic E-state index is 12.7. The first-order valence-corrected chi connectivity index (χ1v) is 15.8. The summed E-state index contributed by atoms with van der Waals surface area (Å²) in [6.45, 7) is 10.9. The van der Waals surface area contributed by atoms with Crippen molar-refractivity contribution in [1.29, 1.82) is 0 Å². The predicted molar refractivity (Wildman–Crippen MR) is 147 cm³/mol. The van der Waals surface area contributed by atoms with Crippen molar-refractivity contribution >= 4 is 5.97 Å². The highest BCUT2D eigenvalue weighted by atomic mass is 16.7. The fourth-order valence-electron chi connectivity index (χ4n) is 11.1. The molecule has 7 rings (SSSR count). The van der Waals surface area contributed by atoms with Crippen molar-refractivity contribution in [2.45, 2.75) is 110 Å². The first-order valence-electron chi connectivity index (χ1n) is 15.8. The first-order chi connectivity index (χ1) is 18.2. The summed E-state index contributed by atoms with van der Waals surface area (Å²) in [7, 11) is 0. The average Bonchev–Trinajstić information content (AvgIpc) is 3.36. The number of benzene rings is 1. The molecule has 1 aromatic carbocycles. The summed E-state index contributed by atoms with van der Waals surface area (Å²) in [4.78, 5) is 12.7. The van der Waals surface area contributed by atoms with E-state index in [0.29, 0.717) is 46.2 Å². The second-order valence-electron chi connectivity index (χ2n) is 14.8. The largest absolute Gasteiger partial charge is 0.459 e. The summed E-state index contributed by atoms with van der Waals surface area (Å²) in [5.41, 5.74) is 1.44. The van der Waals surface area contributed by atoms with Crippen LogP contribution in [-0.4, -0.2) is 30.6 Å². The minimum absolute atomic E-state index is 0.0701. The lowest BCUT2D eigenvalue weighted by molar-refractivity contribution is -0.273. The van der Waals surface area contributed by atoms with Crippen LogP contribution in [0, 0.1) is 52.3 Å². The second kappa shape index (κ2) is 9.06. The Morgan fingerprint density at radius 3 is 2.45 bits per heavy atom. The number of ether oxygens (including phenoxy) is 3. The zero-order chi connectivity index (χ0) is 26.3. The minimum atomic E-state index is -0.314. The van der Waals surface area contributed by atoms with Crippen LogP contribution < -0.4 is 0 Å². The molecule has 0 bridgehead atoms. The Morgan fingerprint density at radius 2 is 1.68 bits per heavy atom. The predicted octanol–water partition coefficient (Wildman–Crippen LogP) is 7.66. The van der Waals surface area contributed by atoms with Crippen LogP contribution in [0.3, 0.4) is 0 Å². The molecule has 2 heterocycles. The third kappa shape index (κ3) is 3.71. The van der Waals surface area contributed by atoms with Gasteiger partial charge in [0.25, 0.3) is 0 Å². The molecule has 2 saturated heterocycles. The van der Waals surface area contributed by atoms with Crippen LogP contribution in [0.15, 0.2) is 30.3 Å². The number of fused-ring (bicyclic) bond motifs is 7. The van der Waals surface area contributed by atoms with E-state index in [1.165, 1.54) is 44.9 Å². The van der Waals surface area contributed by atoms with Gasteiger partial charge in [-0.25, -0.2) is 4.79 Å². The van der Waals surface area contributed by atoms with E-state index in [1.54, 1.807) is 0 Å². The van der Waals surface area contributed by atoms with Crippen molar-refractivity contribution in [2.75, 3.05) is 6.61 Å². The van der Waals surface area contributed by atoms with Gasteiger partial charge in [-0.2, -0.15) is 0 Å². The van der Waals surface area contributed by atoms with Gasteiger partial charge in [-0.1, -0.05) is 45.9 Å². The number of esters is 1. The number of carbonyl (C=O) groups is 1. The minimum Gasteiger partial charge on any atom is -0.459 e. The van der Waals surface area contributed by atoms with Crippen LogP contribution in [0.25, 0.3) is 0 Å². The number of carbonyl (C=O) groups excluding carboxylic acids is 1. The first kappa shape index (κ1) is 25.6. The molecule has 6 aliphatic rings. The van der Waals surface area contributed by atoms with Crippen LogP contribution in [0.2, 0.25) is 0 Å². The quantitative estimate of drug-likeness (QED) is 0.376. The Hall–Kier alpha value is -1.39. The molecule has 6 fully saturated rings. The maximum absolute atomic E-state index is 12.7. The molecule has 0 N–H and O–H groups in total. The summed E-state index contributed by atoms with van der Waals surface area (Å²) in [5.74, 6) is 4.41. The molecule has 4 heteroatoms. The molecule has 4 aliphatic carbocycles. The van der Waals surface area contributed by atoms with Gasteiger partial charge >= 0.3 is 5.97 Å². The Labute approximate surface area is 229 Å². The second-order valence-corrected chi connectivity index (χ2v) is 14.8. The van der Waals surface area contributed by atoms with E-state index in [4.69, 9.17) is 14.2 Å². The van der Waals surface area contributed by atoms with Crippen molar-refractivity contribution in [3.63, 3.8) is 0 Å². The number of hydrogen-bond donors (Lipinski definition) is 0. The van der Waals surface area contributed by atoms with E-state index in [0.717, 1.165) is 43.6 Å². The summed E-state index contributed by atoms with van der Waals surface area (Å²) in [6.07, 6.45) is 12.6. The van der Waals surface area contributed by atoms with Gasteiger partial charge in [0, 0.05) is 12.3 Å².